The third kappa shape index (κ3) is 2.13. The smallest absolute Gasteiger partial charge is 0.231 e. The number of nitrogens with zero attached hydrogens (tertiary/aromatic N) is 2. The molecule has 0 N–H and O–H groups in total. The van der Waals surface area contributed by atoms with Crippen LogP contribution in [0.15, 0.2) is 30.5 Å². The lowest BCUT2D eigenvalue weighted by molar-refractivity contribution is 0.159. The fraction of sp³-hybridized carbons (Fsp3) is 0.412. The summed E-state index contributed by atoms with van der Waals surface area (Å²) in [6.45, 7) is 5.44. The Hall–Kier alpha value is -2.14. The van der Waals surface area contributed by atoms with E-state index in [2.05, 4.69) is 34.7 Å². The highest BCUT2D eigenvalue weighted by atomic mass is 16.7. The van der Waals surface area contributed by atoms with Crippen molar-refractivity contribution in [2.75, 3.05) is 20.4 Å². The average molecular weight is 300 g/mol. The fourth-order valence-corrected chi connectivity index (χ4v) is 3.34. The molecule has 5 heteroatoms. The van der Waals surface area contributed by atoms with Crippen LogP contribution in [0.2, 0.25) is 0 Å². The van der Waals surface area contributed by atoms with E-state index in [0.717, 1.165) is 42.4 Å². The van der Waals surface area contributed by atoms with E-state index in [9.17, 15) is 0 Å². The number of rotatable bonds is 3. The summed E-state index contributed by atoms with van der Waals surface area (Å²) in [5.74, 6) is 2.43. The minimum absolute atomic E-state index is 0.287. The van der Waals surface area contributed by atoms with E-state index in [0.29, 0.717) is 6.04 Å². The lowest BCUT2D eigenvalue weighted by atomic mass is 10.1. The first-order valence-electron chi connectivity index (χ1n) is 7.62. The third-order valence-electron chi connectivity index (χ3n) is 4.62. The lowest BCUT2D eigenvalue weighted by Gasteiger charge is -2.35. The molecule has 5 nitrogen and oxygen atoms in total. The van der Waals surface area contributed by atoms with Crippen molar-refractivity contribution in [3.8, 4) is 17.2 Å². The van der Waals surface area contributed by atoms with E-state index in [1.54, 1.807) is 7.11 Å². The Morgan fingerprint density at radius 1 is 1.23 bits per heavy atom. The Balaban J connectivity index is 1.61. The van der Waals surface area contributed by atoms with E-state index in [1.165, 1.54) is 5.69 Å². The van der Waals surface area contributed by atoms with Gasteiger partial charge in [0.1, 0.15) is 5.75 Å². The summed E-state index contributed by atoms with van der Waals surface area (Å²) >= 11 is 0. The number of benzene rings is 1. The van der Waals surface area contributed by atoms with Crippen molar-refractivity contribution in [3.05, 3.63) is 41.7 Å². The summed E-state index contributed by atoms with van der Waals surface area (Å²) in [5, 5.41) is 0. The van der Waals surface area contributed by atoms with E-state index >= 15 is 0 Å². The van der Waals surface area contributed by atoms with Gasteiger partial charge in [0, 0.05) is 49.2 Å². The maximum Gasteiger partial charge on any atom is 0.231 e. The number of aromatic nitrogens is 1. The number of fused-ring (bicyclic) bond motifs is 2. The van der Waals surface area contributed by atoms with Crippen molar-refractivity contribution < 1.29 is 14.2 Å². The van der Waals surface area contributed by atoms with Gasteiger partial charge in [0.25, 0.3) is 0 Å². The van der Waals surface area contributed by atoms with Gasteiger partial charge in [-0.3, -0.25) is 4.90 Å². The van der Waals surface area contributed by atoms with Crippen LogP contribution in [-0.4, -0.2) is 29.9 Å². The molecule has 0 bridgehead atoms. The molecule has 4 rings (SSSR count). The van der Waals surface area contributed by atoms with Crippen LogP contribution in [0.5, 0.6) is 17.2 Å². The first-order valence-corrected chi connectivity index (χ1v) is 7.62. The molecule has 0 saturated heterocycles. The summed E-state index contributed by atoms with van der Waals surface area (Å²) < 4.78 is 18.8. The molecule has 1 aromatic carbocycles. The summed E-state index contributed by atoms with van der Waals surface area (Å²) in [4.78, 5) is 2.47. The second kappa shape index (κ2) is 5.25. The first kappa shape index (κ1) is 13.5. The van der Waals surface area contributed by atoms with Gasteiger partial charge in [-0.05, 0) is 25.1 Å². The van der Waals surface area contributed by atoms with Gasteiger partial charge in [-0.25, -0.2) is 0 Å². The topological polar surface area (TPSA) is 35.9 Å². The first-order chi connectivity index (χ1) is 10.8. The van der Waals surface area contributed by atoms with Crippen LogP contribution in [0.1, 0.15) is 24.2 Å². The normalized spacial score (nSPS) is 20.0. The van der Waals surface area contributed by atoms with E-state index < -0.39 is 0 Å². The zero-order chi connectivity index (χ0) is 15.1. The molecule has 2 aliphatic heterocycles. The predicted molar refractivity (Wildman–Crippen MR) is 82.4 cm³/mol. The standard InChI is InChI=1S/C17H20N2O3/c1-12-14-4-3-5-18(14)6-7-19(12)10-13-8-16-17(22-11-21-16)9-15(13)20-2/h3-5,8-9,12H,6-7,10-11H2,1-2H3. The van der Waals surface area contributed by atoms with Gasteiger partial charge < -0.3 is 18.8 Å². The highest BCUT2D eigenvalue weighted by Crippen LogP contribution is 2.39. The van der Waals surface area contributed by atoms with Crippen molar-refractivity contribution >= 4 is 0 Å². The van der Waals surface area contributed by atoms with E-state index in [-0.39, 0.29) is 6.79 Å². The molecule has 1 unspecified atom stereocenters. The SMILES string of the molecule is COc1cc2c(cc1CN1CCn3cccc3C1C)OCO2. The molecule has 0 radical (unpaired) electrons. The Bertz CT molecular complexity index is 695. The zero-order valence-corrected chi connectivity index (χ0v) is 12.9. The second-order valence-electron chi connectivity index (χ2n) is 5.79. The Labute approximate surface area is 130 Å². The molecular weight excluding hydrogens is 280 g/mol. The highest BCUT2D eigenvalue weighted by Gasteiger charge is 2.25. The molecule has 0 saturated carbocycles. The largest absolute Gasteiger partial charge is 0.496 e. The summed E-state index contributed by atoms with van der Waals surface area (Å²) in [5.41, 5.74) is 2.50. The van der Waals surface area contributed by atoms with Crippen molar-refractivity contribution in [2.45, 2.75) is 26.1 Å². The molecule has 1 aromatic heterocycles. The molecule has 0 fully saturated rings. The quantitative estimate of drug-likeness (QED) is 0.873. The summed E-state index contributed by atoms with van der Waals surface area (Å²) in [7, 11) is 1.70. The number of hydrogen-bond donors (Lipinski definition) is 0. The van der Waals surface area contributed by atoms with Gasteiger partial charge in [0.15, 0.2) is 11.5 Å². The molecule has 0 aliphatic carbocycles. The van der Waals surface area contributed by atoms with E-state index in [1.807, 2.05) is 12.1 Å². The van der Waals surface area contributed by atoms with Crippen molar-refractivity contribution in [1.29, 1.82) is 0 Å². The van der Waals surface area contributed by atoms with Gasteiger partial charge >= 0.3 is 0 Å². The number of hydrogen-bond acceptors (Lipinski definition) is 4. The predicted octanol–water partition coefficient (Wildman–Crippen LogP) is 2.80. The number of ether oxygens (including phenoxy) is 3. The summed E-state index contributed by atoms with van der Waals surface area (Å²) in [6.07, 6.45) is 2.16. The molecule has 0 amide bonds. The zero-order valence-electron chi connectivity index (χ0n) is 12.9. The minimum atomic E-state index is 0.287. The molecule has 3 heterocycles. The molecule has 22 heavy (non-hydrogen) atoms. The lowest BCUT2D eigenvalue weighted by Crippen LogP contribution is -2.35. The van der Waals surface area contributed by atoms with Crippen LogP contribution >= 0.6 is 0 Å². The second-order valence-corrected chi connectivity index (χ2v) is 5.79. The van der Waals surface area contributed by atoms with Gasteiger partial charge in [-0.1, -0.05) is 0 Å². The van der Waals surface area contributed by atoms with Gasteiger partial charge in [-0.2, -0.15) is 0 Å². The molecular formula is C17H20N2O3. The van der Waals surface area contributed by atoms with Gasteiger partial charge in [-0.15, -0.1) is 0 Å². The molecule has 2 aromatic rings. The maximum absolute atomic E-state index is 5.53. The van der Waals surface area contributed by atoms with Crippen LogP contribution in [0.4, 0.5) is 0 Å². The monoisotopic (exact) mass is 300 g/mol. The minimum Gasteiger partial charge on any atom is -0.496 e. The van der Waals surface area contributed by atoms with Crippen LogP contribution in [0, 0.1) is 0 Å². The van der Waals surface area contributed by atoms with E-state index in [4.69, 9.17) is 14.2 Å². The summed E-state index contributed by atoms with van der Waals surface area (Å²) in [6, 6.07) is 8.68. The van der Waals surface area contributed by atoms with Crippen LogP contribution in [-0.2, 0) is 13.1 Å². The Morgan fingerprint density at radius 2 is 2.05 bits per heavy atom. The van der Waals surface area contributed by atoms with Crippen LogP contribution in [0.25, 0.3) is 0 Å². The molecule has 116 valence electrons. The number of methoxy groups -OCH3 is 1. The Kier molecular flexibility index (Phi) is 3.22. The van der Waals surface area contributed by atoms with Crippen LogP contribution < -0.4 is 14.2 Å². The Morgan fingerprint density at radius 3 is 2.86 bits per heavy atom. The molecule has 1 atom stereocenters. The average Bonchev–Trinajstić information content (AvgIpc) is 3.17. The fourth-order valence-electron chi connectivity index (χ4n) is 3.34. The van der Waals surface area contributed by atoms with Crippen molar-refractivity contribution in [1.82, 2.24) is 9.47 Å². The third-order valence-corrected chi connectivity index (χ3v) is 4.62. The van der Waals surface area contributed by atoms with Crippen molar-refractivity contribution in [3.63, 3.8) is 0 Å². The molecule has 0 spiro atoms. The molecule has 2 aliphatic rings. The van der Waals surface area contributed by atoms with Crippen molar-refractivity contribution in [2.24, 2.45) is 0 Å². The highest BCUT2D eigenvalue weighted by molar-refractivity contribution is 5.51. The van der Waals surface area contributed by atoms with Crippen LogP contribution in [0.3, 0.4) is 0 Å². The van der Waals surface area contributed by atoms with Gasteiger partial charge in [0.05, 0.1) is 7.11 Å². The van der Waals surface area contributed by atoms with Gasteiger partial charge in [0.2, 0.25) is 6.79 Å². The maximum atomic E-state index is 5.53.